The van der Waals surface area contributed by atoms with Gasteiger partial charge in [-0.2, -0.15) is 0 Å². The number of benzene rings is 1. The third kappa shape index (κ3) is 15.1. The highest BCUT2D eigenvalue weighted by Gasteiger charge is 2.25. The summed E-state index contributed by atoms with van der Waals surface area (Å²) in [6, 6.07) is 3.27. The van der Waals surface area contributed by atoms with Crippen molar-refractivity contribution < 1.29 is 52.3 Å². The van der Waals surface area contributed by atoms with E-state index in [1.807, 2.05) is 20.8 Å². The molecule has 0 aromatic heterocycles. The van der Waals surface area contributed by atoms with Crippen molar-refractivity contribution in [2.45, 2.75) is 104 Å². The van der Waals surface area contributed by atoms with Crippen molar-refractivity contribution in [1.82, 2.24) is 0 Å². The fraction of sp³-hybridized carbons (Fsp3) is 0.655. The largest absolute Gasteiger partial charge is 0.513 e. The molecule has 0 heterocycles. The van der Waals surface area contributed by atoms with Gasteiger partial charge in [-0.25, -0.2) is 14.4 Å². The van der Waals surface area contributed by atoms with Gasteiger partial charge >= 0.3 is 24.4 Å². The normalized spacial score (nSPS) is 12.8. The molecule has 0 unspecified atom stereocenters. The smallest absolute Gasteiger partial charge is 0.458 e. The molecule has 41 heavy (non-hydrogen) atoms. The van der Waals surface area contributed by atoms with Crippen LogP contribution in [0.2, 0.25) is 0 Å². The Labute approximate surface area is 242 Å². The van der Waals surface area contributed by atoms with Crippen molar-refractivity contribution in [2.75, 3.05) is 19.8 Å². The first kappa shape index (κ1) is 35.5. The third-order valence-electron chi connectivity index (χ3n) is 5.80. The molecule has 0 aliphatic heterocycles. The number of ether oxygens (including phenoxy) is 7. The molecule has 0 aliphatic carbocycles. The van der Waals surface area contributed by atoms with Crippen LogP contribution in [0.5, 0.6) is 11.5 Å². The Hall–Kier alpha value is -3.54. The summed E-state index contributed by atoms with van der Waals surface area (Å²) in [5, 5.41) is 0. The molecule has 1 rings (SSSR count). The number of carbonyl (C=O) groups is 4. The molecule has 0 amide bonds. The topological polar surface area (TPSA) is 159 Å². The van der Waals surface area contributed by atoms with E-state index in [1.165, 1.54) is 12.1 Å². The SMILES string of the molecule is CCCCCOC(=O)O[C@@H](C)[C@H](C)OC(=O)[C@@H](N)Cc1ccc(OC(=O)OCCCC)c(OC(=O)OCCCC)c1. The first-order chi connectivity index (χ1) is 19.6. The van der Waals surface area contributed by atoms with Crippen molar-refractivity contribution in [3.63, 3.8) is 0 Å². The van der Waals surface area contributed by atoms with E-state index in [0.717, 1.165) is 32.1 Å². The van der Waals surface area contributed by atoms with E-state index in [2.05, 4.69) is 0 Å². The molecule has 232 valence electrons. The Morgan fingerprint density at radius 2 is 1.20 bits per heavy atom. The first-order valence-electron chi connectivity index (χ1n) is 14.2. The zero-order valence-corrected chi connectivity index (χ0v) is 24.8. The zero-order chi connectivity index (χ0) is 30.6. The number of nitrogens with two attached hydrogens (primary N) is 1. The van der Waals surface area contributed by atoms with Crippen molar-refractivity contribution in [3.05, 3.63) is 23.8 Å². The van der Waals surface area contributed by atoms with Gasteiger partial charge in [0.15, 0.2) is 11.5 Å². The maximum atomic E-state index is 12.6. The van der Waals surface area contributed by atoms with Gasteiger partial charge in [0.2, 0.25) is 0 Å². The molecular formula is C29H45NO11. The Balaban J connectivity index is 2.81. The van der Waals surface area contributed by atoms with E-state index >= 15 is 0 Å². The van der Waals surface area contributed by atoms with Gasteiger partial charge in [0, 0.05) is 0 Å². The van der Waals surface area contributed by atoms with Crippen LogP contribution in [-0.2, 0) is 34.9 Å². The minimum absolute atomic E-state index is 0.00271. The van der Waals surface area contributed by atoms with Crippen molar-refractivity contribution in [2.24, 2.45) is 5.73 Å². The van der Waals surface area contributed by atoms with Gasteiger partial charge in [-0.05, 0) is 57.2 Å². The van der Waals surface area contributed by atoms with Gasteiger partial charge in [0.25, 0.3) is 0 Å². The van der Waals surface area contributed by atoms with Gasteiger partial charge in [0.05, 0.1) is 19.8 Å². The van der Waals surface area contributed by atoms with E-state index in [-0.39, 0.29) is 37.7 Å². The first-order valence-corrected chi connectivity index (χ1v) is 14.2. The van der Waals surface area contributed by atoms with Gasteiger partial charge in [-0.1, -0.05) is 52.5 Å². The summed E-state index contributed by atoms with van der Waals surface area (Å²) < 4.78 is 36.1. The fourth-order valence-corrected chi connectivity index (χ4v) is 3.17. The molecule has 0 aliphatic rings. The number of carbonyl (C=O) groups excluding carboxylic acids is 4. The Morgan fingerprint density at radius 1 is 0.683 bits per heavy atom. The molecule has 12 nitrogen and oxygen atoms in total. The summed E-state index contributed by atoms with van der Waals surface area (Å²) in [6.45, 7) is 9.68. The molecule has 0 saturated heterocycles. The highest BCUT2D eigenvalue weighted by molar-refractivity contribution is 5.76. The Morgan fingerprint density at radius 3 is 1.78 bits per heavy atom. The maximum absolute atomic E-state index is 12.6. The summed E-state index contributed by atoms with van der Waals surface area (Å²) in [4.78, 5) is 48.7. The van der Waals surface area contributed by atoms with Gasteiger partial charge < -0.3 is 38.9 Å². The molecular weight excluding hydrogens is 538 g/mol. The highest BCUT2D eigenvalue weighted by atomic mass is 16.7. The summed E-state index contributed by atoms with van der Waals surface area (Å²) in [6.07, 6.45) is 1.33. The standard InChI is InChI=1S/C29H45NO11/c1-6-9-12-17-37-27(32)39-21(5)20(4)38-26(31)23(30)18-22-13-14-24(40-28(33)35-15-10-7-2)25(19-22)41-29(34)36-16-11-8-3/h13-14,19-21,23H,6-12,15-18,30H2,1-5H3/t20-,21-,23-/m0/s1. The van der Waals surface area contributed by atoms with Crippen LogP contribution in [-0.4, -0.2) is 62.5 Å². The van der Waals surface area contributed by atoms with Crippen LogP contribution in [0.25, 0.3) is 0 Å². The average Bonchev–Trinajstić information content (AvgIpc) is 2.92. The number of hydrogen-bond donors (Lipinski definition) is 1. The lowest BCUT2D eigenvalue weighted by molar-refractivity contribution is -0.155. The summed E-state index contributed by atoms with van der Waals surface area (Å²) in [7, 11) is 0. The van der Waals surface area contributed by atoms with Crippen LogP contribution >= 0.6 is 0 Å². The highest BCUT2D eigenvalue weighted by Crippen LogP contribution is 2.30. The predicted octanol–water partition coefficient (Wildman–Crippen LogP) is 5.85. The van der Waals surface area contributed by atoms with Crippen LogP contribution in [0.4, 0.5) is 14.4 Å². The molecule has 3 atom stereocenters. The second-order valence-corrected chi connectivity index (χ2v) is 9.47. The van der Waals surface area contributed by atoms with Crippen LogP contribution in [0.15, 0.2) is 18.2 Å². The van der Waals surface area contributed by atoms with Crippen LogP contribution in [0.3, 0.4) is 0 Å². The van der Waals surface area contributed by atoms with Crippen molar-refractivity contribution in [3.8, 4) is 11.5 Å². The summed E-state index contributed by atoms with van der Waals surface area (Å²) in [5.41, 5.74) is 6.56. The molecule has 1 aromatic rings. The second-order valence-electron chi connectivity index (χ2n) is 9.47. The summed E-state index contributed by atoms with van der Waals surface area (Å²) >= 11 is 0. The van der Waals surface area contributed by atoms with E-state index in [9.17, 15) is 19.2 Å². The average molecular weight is 584 g/mol. The fourth-order valence-electron chi connectivity index (χ4n) is 3.17. The molecule has 0 fully saturated rings. The lowest BCUT2D eigenvalue weighted by Crippen LogP contribution is -2.39. The van der Waals surface area contributed by atoms with E-state index in [0.29, 0.717) is 18.4 Å². The monoisotopic (exact) mass is 583 g/mol. The van der Waals surface area contributed by atoms with Crippen LogP contribution in [0.1, 0.15) is 85.1 Å². The van der Waals surface area contributed by atoms with Crippen molar-refractivity contribution in [1.29, 1.82) is 0 Å². The molecule has 2 N–H and O–H groups in total. The molecule has 0 radical (unpaired) electrons. The number of unbranched alkanes of at least 4 members (excludes halogenated alkanes) is 4. The quantitative estimate of drug-likeness (QED) is 0.0952. The van der Waals surface area contributed by atoms with Crippen LogP contribution in [0, 0.1) is 0 Å². The number of rotatable bonds is 18. The Kier molecular flexibility index (Phi) is 17.6. The predicted molar refractivity (Wildman–Crippen MR) is 149 cm³/mol. The van der Waals surface area contributed by atoms with Crippen LogP contribution < -0.4 is 15.2 Å². The molecule has 0 saturated carbocycles. The number of hydrogen-bond acceptors (Lipinski definition) is 12. The second kappa shape index (κ2) is 20.4. The lowest BCUT2D eigenvalue weighted by Gasteiger charge is -2.22. The molecule has 12 heteroatoms. The minimum Gasteiger partial charge on any atom is -0.458 e. The maximum Gasteiger partial charge on any atom is 0.513 e. The van der Waals surface area contributed by atoms with Gasteiger partial charge in [0.1, 0.15) is 18.2 Å². The molecule has 0 bridgehead atoms. The third-order valence-corrected chi connectivity index (χ3v) is 5.80. The Bertz CT molecular complexity index is 953. The van der Waals surface area contributed by atoms with Gasteiger partial charge in [-0.3, -0.25) is 4.79 Å². The van der Waals surface area contributed by atoms with E-state index < -0.39 is 42.7 Å². The number of esters is 1. The van der Waals surface area contributed by atoms with E-state index in [1.54, 1.807) is 19.9 Å². The van der Waals surface area contributed by atoms with E-state index in [4.69, 9.17) is 38.9 Å². The van der Waals surface area contributed by atoms with Gasteiger partial charge in [-0.15, -0.1) is 0 Å². The molecule has 0 spiro atoms. The molecule has 1 aromatic carbocycles. The summed E-state index contributed by atoms with van der Waals surface area (Å²) in [5.74, 6) is -0.907. The minimum atomic E-state index is -1.10. The lowest BCUT2D eigenvalue weighted by atomic mass is 10.1. The van der Waals surface area contributed by atoms with Crippen molar-refractivity contribution >= 4 is 24.4 Å². The zero-order valence-electron chi connectivity index (χ0n) is 24.8.